The standard InChI is InChI=1S/C18H13BrCl2/c1-11-6-7-12(10-17(11)21)18(19)15-8-9-16(20)14-5-3-2-4-13(14)15/h2-10,18H,1H3. The van der Waals surface area contributed by atoms with E-state index in [4.69, 9.17) is 23.2 Å². The molecule has 106 valence electrons. The van der Waals surface area contributed by atoms with E-state index in [1.807, 2.05) is 43.3 Å². The Hall–Kier alpha value is -1.02. The molecule has 0 fully saturated rings. The summed E-state index contributed by atoms with van der Waals surface area (Å²) in [5.74, 6) is 0. The molecule has 21 heavy (non-hydrogen) atoms. The van der Waals surface area contributed by atoms with E-state index in [0.717, 1.165) is 31.9 Å². The molecule has 1 atom stereocenters. The molecular formula is C18H13BrCl2. The van der Waals surface area contributed by atoms with Crippen LogP contribution in [0.25, 0.3) is 10.8 Å². The Kier molecular flexibility index (Phi) is 4.26. The molecule has 0 saturated heterocycles. The van der Waals surface area contributed by atoms with Gasteiger partial charge in [0.25, 0.3) is 0 Å². The molecule has 0 amide bonds. The molecule has 3 aromatic carbocycles. The molecule has 3 heteroatoms. The van der Waals surface area contributed by atoms with Gasteiger partial charge in [0.05, 0.1) is 4.83 Å². The van der Waals surface area contributed by atoms with Crippen LogP contribution < -0.4 is 0 Å². The number of rotatable bonds is 2. The number of hydrogen-bond donors (Lipinski definition) is 0. The zero-order valence-electron chi connectivity index (χ0n) is 11.4. The van der Waals surface area contributed by atoms with Crippen molar-refractivity contribution in [3.05, 3.63) is 81.3 Å². The molecule has 0 nitrogen and oxygen atoms in total. The second-order valence-electron chi connectivity index (χ2n) is 5.05. The first kappa shape index (κ1) is 14.9. The van der Waals surface area contributed by atoms with Crippen molar-refractivity contribution in [1.82, 2.24) is 0 Å². The van der Waals surface area contributed by atoms with Crippen LogP contribution in [0.5, 0.6) is 0 Å². The summed E-state index contributed by atoms with van der Waals surface area (Å²) in [6.45, 7) is 2.01. The summed E-state index contributed by atoms with van der Waals surface area (Å²) in [5, 5.41) is 3.79. The monoisotopic (exact) mass is 378 g/mol. The van der Waals surface area contributed by atoms with Crippen molar-refractivity contribution in [3.8, 4) is 0 Å². The first-order valence-corrected chi connectivity index (χ1v) is 8.32. The third-order valence-corrected chi connectivity index (χ3v) is 5.42. The Morgan fingerprint density at radius 3 is 2.29 bits per heavy atom. The first-order valence-electron chi connectivity index (χ1n) is 6.65. The largest absolute Gasteiger partial charge is 0.0840 e. The number of aryl methyl sites for hydroxylation is 1. The van der Waals surface area contributed by atoms with Gasteiger partial charge in [0.1, 0.15) is 0 Å². The zero-order valence-corrected chi connectivity index (χ0v) is 14.5. The molecule has 0 bridgehead atoms. The second-order valence-corrected chi connectivity index (χ2v) is 6.78. The summed E-state index contributed by atoms with van der Waals surface area (Å²) in [6, 6.07) is 18.4. The average molecular weight is 380 g/mol. The van der Waals surface area contributed by atoms with Gasteiger partial charge in [-0.15, -0.1) is 0 Å². The van der Waals surface area contributed by atoms with E-state index in [2.05, 4.69) is 34.1 Å². The Bertz CT molecular complexity index is 811. The highest BCUT2D eigenvalue weighted by Crippen LogP contribution is 2.38. The minimum absolute atomic E-state index is 0.0813. The maximum atomic E-state index is 6.29. The molecule has 0 aliphatic heterocycles. The van der Waals surface area contributed by atoms with Gasteiger partial charge in [-0.1, -0.05) is 81.6 Å². The highest BCUT2D eigenvalue weighted by atomic mass is 79.9. The van der Waals surface area contributed by atoms with Gasteiger partial charge in [0.2, 0.25) is 0 Å². The molecule has 0 aliphatic rings. The highest BCUT2D eigenvalue weighted by Gasteiger charge is 2.15. The second kappa shape index (κ2) is 6.00. The predicted molar refractivity (Wildman–Crippen MR) is 95.9 cm³/mol. The summed E-state index contributed by atoms with van der Waals surface area (Å²) in [4.78, 5) is 0.0813. The van der Waals surface area contributed by atoms with E-state index < -0.39 is 0 Å². The summed E-state index contributed by atoms with van der Waals surface area (Å²) < 4.78 is 0. The first-order chi connectivity index (χ1) is 10.1. The quantitative estimate of drug-likeness (QED) is 0.423. The van der Waals surface area contributed by atoms with Crippen LogP contribution in [0.4, 0.5) is 0 Å². The van der Waals surface area contributed by atoms with Gasteiger partial charge in [0, 0.05) is 15.4 Å². The fourth-order valence-electron chi connectivity index (χ4n) is 2.45. The summed E-state index contributed by atoms with van der Waals surface area (Å²) in [5.41, 5.74) is 3.41. The fourth-order valence-corrected chi connectivity index (χ4v) is 3.55. The summed E-state index contributed by atoms with van der Waals surface area (Å²) in [7, 11) is 0. The Labute approximate surface area is 142 Å². The molecule has 0 radical (unpaired) electrons. The Balaban J connectivity index is 2.15. The van der Waals surface area contributed by atoms with E-state index >= 15 is 0 Å². The molecule has 0 heterocycles. The van der Waals surface area contributed by atoms with E-state index in [-0.39, 0.29) is 4.83 Å². The van der Waals surface area contributed by atoms with Crippen LogP contribution in [0.2, 0.25) is 10.0 Å². The molecular weight excluding hydrogens is 367 g/mol. The number of halogens is 3. The van der Waals surface area contributed by atoms with Crippen LogP contribution >= 0.6 is 39.1 Å². The molecule has 0 N–H and O–H groups in total. The van der Waals surface area contributed by atoms with Crippen LogP contribution in [0.3, 0.4) is 0 Å². The van der Waals surface area contributed by atoms with Gasteiger partial charge in [0.15, 0.2) is 0 Å². The van der Waals surface area contributed by atoms with Crippen molar-refractivity contribution in [2.75, 3.05) is 0 Å². The molecule has 0 saturated carbocycles. The molecule has 0 aromatic heterocycles. The lowest BCUT2D eigenvalue weighted by molar-refractivity contribution is 1.19. The summed E-state index contributed by atoms with van der Waals surface area (Å²) in [6.07, 6.45) is 0. The van der Waals surface area contributed by atoms with Crippen LogP contribution in [-0.2, 0) is 0 Å². The lowest BCUT2D eigenvalue weighted by Gasteiger charge is -2.15. The van der Waals surface area contributed by atoms with Gasteiger partial charge in [-0.25, -0.2) is 0 Å². The lowest BCUT2D eigenvalue weighted by Crippen LogP contribution is -1.95. The van der Waals surface area contributed by atoms with Crippen molar-refractivity contribution in [1.29, 1.82) is 0 Å². The van der Waals surface area contributed by atoms with E-state index in [1.54, 1.807) is 0 Å². The minimum Gasteiger partial charge on any atom is -0.0840 e. The third-order valence-electron chi connectivity index (χ3n) is 3.67. The van der Waals surface area contributed by atoms with Gasteiger partial charge < -0.3 is 0 Å². The maximum absolute atomic E-state index is 6.29. The van der Waals surface area contributed by atoms with Crippen LogP contribution in [-0.4, -0.2) is 0 Å². The highest BCUT2D eigenvalue weighted by molar-refractivity contribution is 9.09. The number of alkyl halides is 1. The van der Waals surface area contributed by atoms with Gasteiger partial charge in [-0.3, -0.25) is 0 Å². The maximum Gasteiger partial charge on any atom is 0.0651 e. The topological polar surface area (TPSA) is 0 Å². The minimum atomic E-state index is 0.0813. The van der Waals surface area contributed by atoms with Crippen molar-refractivity contribution >= 4 is 49.9 Å². The van der Waals surface area contributed by atoms with Gasteiger partial charge >= 0.3 is 0 Å². The van der Waals surface area contributed by atoms with E-state index in [9.17, 15) is 0 Å². The third kappa shape index (κ3) is 2.83. The number of benzene rings is 3. The number of hydrogen-bond acceptors (Lipinski definition) is 0. The molecule has 0 spiro atoms. The SMILES string of the molecule is Cc1ccc(C(Br)c2ccc(Cl)c3ccccc23)cc1Cl. The average Bonchev–Trinajstić information content (AvgIpc) is 2.50. The smallest absolute Gasteiger partial charge is 0.0651 e. The normalized spacial score (nSPS) is 12.6. The predicted octanol–water partition coefficient (Wildman–Crippen LogP) is 6.94. The number of fused-ring (bicyclic) bond motifs is 1. The van der Waals surface area contributed by atoms with Crippen molar-refractivity contribution in [2.24, 2.45) is 0 Å². The Morgan fingerprint density at radius 1 is 0.857 bits per heavy atom. The molecule has 3 aromatic rings. The van der Waals surface area contributed by atoms with E-state index in [0.29, 0.717) is 0 Å². The van der Waals surface area contributed by atoms with E-state index in [1.165, 1.54) is 5.56 Å². The Morgan fingerprint density at radius 2 is 1.57 bits per heavy atom. The molecule has 0 aliphatic carbocycles. The van der Waals surface area contributed by atoms with Crippen LogP contribution in [0.15, 0.2) is 54.6 Å². The van der Waals surface area contributed by atoms with Crippen molar-refractivity contribution in [2.45, 2.75) is 11.8 Å². The van der Waals surface area contributed by atoms with Crippen molar-refractivity contribution < 1.29 is 0 Å². The lowest BCUT2D eigenvalue weighted by atomic mass is 9.98. The molecule has 1 unspecified atom stereocenters. The van der Waals surface area contributed by atoms with Crippen LogP contribution in [0, 0.1) is 6.92 Å². The van der Waals surface area contributed by atoms with Gasteiger partial charge in [-0.05, 0) is 41.1 Å². The summed E-state index contributed by atoms with van der Waals surface area (Å²) >= 11 is 16.3. The zero-order chi connectivity index (χ0) is 15.0. The van der Waals surface area contributed by atoms with Crippen molar-refractivity contribution in [3.63, 3.8) is 0 Å². The van der Waals surface area contributed by atoms with Gasteiger partial charge in [-0.2, -0.15) is 0 Å². The molecule has 3 rings (SSSR count). The van der Waals surface area contributed by atoms with Crippen LogP contribution in [0.1, 0.15) is 21.5 Å². The fraction of sp³-hybridized carbons (Fsp3) is 0.111.